The Labute approximate surface area is 161 Å². The summed E-state index contributed by atoms with van der Waals surface area (Å²) in [4.78, 5) is 5.20. The highest BCUT2D eigenvalue weighted by molar-refractivity contribution is 6.43. The molecule has 138 valence electrons. The van der Waals surface area contributed by atoms with Crippen molar-refractivity contribution in [1.29, 1.82) is 0 Å². The molecular weight excluding hydrogens is 353 g/mol. The molecule has 0 radical (unpaired) electrons. The van der Waals surface area contributed by atoms with E-state index >= 15 is 0 Å². The lowest BCUT2D eigenvalue weighted by molar-refractivity contribution is 0.140. The van der Waals surface area contributed by atoms with Crippen molar-refractivity contribution in [2.24, 2.45) is 11.7 Å². The highest BCUT2D eigenvalue weighted by Crippen LogP contribution is 2.46. The van der Waals surface area contributed by atoms with E-state index in [4.69, 9.17) is 28.9 Å². The molecule has 1 saturated heterocycles. The molecule has 0 atom stereocenters. The van der Waals surface area contributed by atoms with Crippen molar-refractivity contribution in [2.45, 2.75) is 56.5 Å². The Morgan fingerprint density at radius 2 is 1.84 bits per heavy atom. The Bertz CT molecular complexity index is 609. The van der Waals surface area contributed by atoms with E-state index in [-0.39, 0.29) is 0 Å². The molecular formula is C20H29Cl2N3. The van der Waals surface area contributed by atoms with E-state index in [9.17, 15) is 0 Å². The SMILES string of the molecule is NC1CCC(CCN2CCN(c3cccc(Cl)c3Cl)CC23CC3)CC1. The van der Waals surface area contributed by atoms with Gasteiger partial charge >= 0.3 is 0 Å². The fourth-order valence-electron chi connectivity index (χ4n) is 4.74. The van der Waals surface area contributed by atoms with Crippen LogP contribution in [0.15, 0.2) is 18.2 Å². The summed E-state index contributed by atoms with van der Waals surface area (Å²) in [5, 5.41) is 1.36. The van der Waals surface area contributed by atoms with Gasteiger partial charge in [-0.05, 0) is 69.5 Å². The molecule has 3 nitrogen and oxygen atoms in total. The zero-order valence-electron chi connectivity index (χ0n) is 14.9. The fourth-order valence-corrected chi connectivity index (χ4v) is 5.15. The average Bonchev–Trinajstić information content (AvgIpc) is 3.37. The van der Waals surface area contributed by atoms with E-state index in [1.165, 1.54) is 51.5 Å². The third-order valence-electron chi connectivity index (χ3n) is 6.59. The molecule has 1 aliphatic heterocycles. The first-order chi connectivity index (χ1) is 12.1. The quantitative estimate of drug-likeness (QED) is 0.829. The number of rotatable bonds is 4. The van der Waals surface area contributed by atoms with Gasteiger partial charge in [0.15, 0.2) is 0 Å². The molecule has 3 aliphatic rings. The van der Waals surface area contributed by atoms with Gasteiger partial charge in [0.05, 0.1) is 15.7 Å². The monoisotopic (exact) mass is 381 g/mol. The number of benzene rings is 1. The van der Waals surface area contributed by atoms with Crippen molar-refractivity contribution in [3.05, 3.63) is 28.2 Å². The zero-order chi connectivity index (χ0) is 17.4. The molecule has 2 N–H and O–H groups in total. The summed E-state index contributed by atoms with van der Waals surface area (Å²) in [7, 11) is 0. The number of hydrogen-bond acceptors (Lipinski definition) is 3. The molecule has 0 unspecified atom stereocenters. The molecule has 5 heteroatoms. The van der Waals surface area contributed by atoms with Gasteiger partial charge in [0, 0.05) is 31.2 Å². The molecule has 25 heavy (non-hydrogen) atoms. The molecule has 1 heterocycles. The Kier molecular flexibility index (Phi) is 5.20. The van der Waals surface area contributed by atoms with E-state index < -0.39 is 0 Å². The molecule has 1 spiro atoms. The van der Waals surface area contributed by atoms with Crippen molar-refractivity contribution in [3.8, 4) is 0 Å². The number of piperazine rings is 1. The van der Waals surface area contributed by atoms with Gasteiger partial charge in [-0.1, -0.05) is 29.3 Å². The van der Waals surface area contributed by atoms with Gasteiger partial charge in [0.25, 0.3) is 0 Å². The van der Waals surface area contributed by atoms with Crippen LogP contribution in [0.2, 0.25) is 10.0 Å². The number of hydrogen-bond donors (Lipinski definition) is 1. The minimum absolute atomic E-state index is 0.384. The zero-order valence-corrected chi connectivity index (χ0v) is 16.4. The van der Waals surface area contributed by atoms with Gasteiger partial charge < -0.3 is 10.6 Å². The highest BCUT2D eigenvalue weighted by Gasteiger charge is 2.51. The van der Waals surface area contributed by atoms with Crippen LogP contribution >= 0.6 is 23.2 Å². The first-order valence-electron chi connectivity index (χ1n) is 9.77. The second-order valence-electron chi connectivity index (χ2n) is 8.28. The van der Waals surface area contributed by atoms with Crippen LogP contribution in [0, 0.1) is 5.92 Å². The summed E-state index contributed by atoms with van der Waals surface area (Å²) in [6.07, 6.45) is 9.06. The standard InChI is InChI=1S/C20H29Cl2N3/c21-17-2-1-3-18(19(17)22)24-12-13-25(20(14-24)9-10-20)11-8-15-4-6-16(23)7-5-15/h1-3,15-16H,4-14,23H2. The van der Waals surface area contributed by atoms with Gasteiger partial charge in [-0.2, -0.15) is 0 Å². The summed E-state index contributed by atoms with van der Waals surface area (Å²) in [6, 6.07) is 6.43. The van der Waals surface area contributed by atoms with E-state index in [0.717, 1.165) is 31.2 Å². The predicted molar refractivity (Wildman–Crippen MR) is 107 cm³/mol. The highest BCUT2D eigenvalue weighted by atomic mass is 35.5. The summed E-state index contributed by atoms with van der Waals surface area (Å²) in [5.74, 6) is 0.885. The smallest absolute Gasteiger partial charge is 0.0825 e. The maximum Gasteiger partial charge on any atom is 0.0825 e. The van der Waals surface area contributed by atoms with Crippen LogP contribution < -0.4 is 10.6 Å². The van der Waals surface area contributed by atoms with Crippen LogP contribution in [0.5, 0.6) is 0 Å². The third kappa shape index (κ3) is 3.80. The molecule has 0 aromatic heterocycles. The van der Waals surface area contributed by atoms with Crippen molar-refractivity contribution >= 4 is 28.9 Å². The van der Waals surface area contributed by atoms with Gasteiger partial charge in [-0.3, -0.25) is 4.90 Å². The largest absolute Gasteiger partial charge is 0.367 e. The van der Waals surface area contributed by atoms with Gasteiger partial charge in [0.2, 0.25) is 0 Å². The van der Waals surface area contributed by atoms with Crippen LogP contribution in [-0.2, 0) is 0 Å². The Morgan fingerprint density at radius 3 is 2.56 bits per heavy atom. The Morgan fingerprint density at radius 1 is 1.08 bits per heavy atom. The third-order valence-corrected chi connectivity index (χ3v) is 7.40. The van der Waals surface area contributed by atoms with Gasteiger partial charge in [-0.25, -0.2) is 0 Å². The van der Waals surface area contributed by atoms with E-state index in [0.29, 0.717) is 21.6 Å². The van der Waals surface area contributed by atoms with Crippen molar-refractivity contribution in [2.75, 3.05) is 31.1 Å². The number of halogens is 2. The molecule has 2 aliphatic carbocycles. The first-order valence-corrected chi connectivity index (χ1v) is 10.5. The van der Waals surface area contributed by atoms with Crippen molar-refractivity contribution < 1.29 is 0 Å². The number of anilines is 1. The van der Waals surface area contributed by atoms with E-state index in [1.54, 1.807) is 0 Å². The molecule has 4 rings (SSSR count). The lowest BCUT2D eigenvalue weighted by atomic mass is 9.84. The Balaban J connectivity index is 1.36. The van der Waals surface area contributed by atoms with E-state index in [1.807, 2.05) is 12.1 Å². The summed E-state index contributed by atoms with van der Waals surface area (Å²) < 4.78 is 0. The predicted octanol–water partition coefficient (Wildman–Crippen LogP) is 4.56. The molecule has 0 bridgehead atoms. The lowest BCUT2D eigenvalue weighted by Crippen LogP contribution is -2.55. The van der Waals surface area contributed by atoms with Crippen LogP contribution in [0.1, 0.15) is 44.9 Å². The average molecular weight is 382 g/mol. The number of nitrogens with zero attached hydrogens (tertiary/aromatic N) is 2. The van der Waals surface area contributed by atoms with E-state index in [2.05, 4.69) is 15.9 Å². The van der Waals surface area contributed by atoms with Crippen LogP contribution in [0.3, 0.4) is 0 Å². The normalized spacial score (nSPS) is 29.2. The molecule has 1 aromatic rings. The molecule has 2 saturated carbocycles. The maximum absolute atomic E-state index is 6.45. The maximum atomic E-state index is 6.45. The molecule has 1 aromatic carbocycles. The fraction of sp³-hybridized carbons (Fsp3) is 0.700. The second-order valence-corrected chi connectivity index (χ2v) is 9.06. The topological polar surface area (TPSA) is 32.5 Å². The van der Waals surface area contributed by atoms with Gasteiger partial charge in [0.1, 0.15) is 0 Å². The molecule has 3 fully saturated rings. The van der Waals surface area contributed by atoms with Crippen molar-refractivity contribution in [3.63, 3.8) is 0 Å². The minimum Gasteiger partial charge on any atom is -0.367 e. The second kappa shape index (κ2) is 7.26. The summed E-state index contributed by atoms with van der Waals surface area (Å²) in [6.45, 7) is 4.51. The molecule has 0 amide bonds. The van der Waals surface area contributed by atoms with Crippen LogP contribution in [0.4, 0.5) is 5.69 Å². The van der Waals surface area contributed by atoms with Crippen LogP contribution in [0.25, 0.3) is 0 Å². The number of nitrogens with two attached hydrogens (primary N) is 1. The summed E-state index contributed by atoms with van der Waals surface area (Å²) >= 11 is 12.7. The first kappa shape index (κ1) is 17.9. The van der Waals surface area contributed by atoms with Crippen molar-refractivity contribution in [1.82, 2.24) is 4.90 Å². The Hall–Kier alpha value is -0.480. The lowest BCUT2D eigenvalue weighted by Gasteiger charge is -2.44. The summed E-state index contributed by atoms with van der Waals surface area (Å²) in [5.41, 5.74) is 7.53. The van der Waals surface area contributed by atoms with Crippen LogP contribution in [-0.4, -0.2) is 42.7 Å². The van der Waals surface area contributed by atoms with Gasteiger partial charge in [-0.15, -0.1) is 0 Å². The minimum atomic E-state index is 0.384.